The first-order chi connectivity index (χ1) is 12.8. The highest BCUT2D eigenvalue weighted by Crippen LogP contribution is 2.29. The lowest BCUT2D eigenvalue weighted by Gasteiger charge is -2.35. The van der Waals surface area contributed by atoms with Crippen LogP contribution in [0.2, 0.25) is 0 Å². The Bertz CT molecular complexity index is 691. The van der Waals surface area contributed by atoms with Crippen molar-refractivity contribution in [1.82, 2.24) is 10.2 Å². The highest BCUT2D eigenvalue weighted by Gasteiger charge is 2.33. The number of para-hydroxylation sites is 1. The van der Waals surface area contributed by atoms with Gasteiger partial charge in [0.15, 0.2) is 0 Å². The van der Waals surface area contributed by atoms with E-state index >= 15 is 0 Å². The molecule has 1 aliphatic heterocycles. The number of rotatable bonds is 7. The zero-order chi connectivity index (χ0) is 20.0. The van der Waals surface area contributed by atoms with Gasteiger partial charge in [0.1, 0.15) is 5.75 Å². The van der Waals surface area contributed by atoms with E-state index in [2.05, 4.69) is 5.32 Å². The van der Waals surface area contributed by atoms with E-state index in [-0.39, 0.29) is 30.7 Å². The van der Waals surface area contributed by atoms with Crippen LogP contribution in [-0.4, -0.2) is 47.5 Å². The lowest BCUT2D eigenvalue weighted by atomic mass is 9.90. The lowest BCUT2D eigenvalue weighted by Crippen LogP contribution is -2.46. The molecule has 1 saturated heterocycles. The van der Waals surface area contributed by atoms with E-state index in [9.17, 15) is 19.5 Å². The number of ether oxygens (including phenoxy) is 1. The molecule has 7 nitrogen and oxygen atoms in total. The van der Waals surface area contributed by atoms with Gasteiger partial charge in [-0.3, -0.25) is 14.4 Å². The summed E-state index contributed by atoms with van der Waals surface area (Å²) in [5.74, 6) is -1.08. The first-order valence-corrected chi connectivity index (χ1v) is 9.31. The quantitative estimate of drug-likeness (QED) is 0.761. The second-order valence-electron chi connectivity index (χ2n) is 7.10. The van der Waals surface area contributed by atoms with Crippen LogP contribution in [-0.2, 0) is 14.4 Å². The van der Waals surface area contributed by atoms with Crippen molar-refractivity contribution in [2.24, 2.45) is 11.8 Å². The number of carbonyl (C=O) groups is 3. The number of aliphatic carboxylic acids is 1. The van der Waals surface area contributed by atoms with Gasteiger partial charge in [-0.2, -0.15) is 0 Å². The molecule has 3 unspecified atom stereocenters. The topological polar surface area (TPSA) is 95.9 Å². The molecule has 1 aromatic rings. The average Bonchev–Trinajstić information content (AvgIpc) is 2.61. The van der Waals surface area contributed by atoms with Gasteiger partial charge in [0, 0.05) is 25.6 Å². The maximum atomic E-state index is 12.9. The molecular weight excluding hydrogens is 348 g/mol. The van der Waals surface area contributed by atoms with Crippen molar-refractivity contribution in [3.05, 3.63) is 29.8 Å². The monoisotopic (exact) mass is 376 g/mol. The van der Waals surface area contributed by atoms with E-state index in [1.165, 1.54) is 6.92 Å². The van der Waals surface area contributed by atoms with Gasteiger partial charge in [-0.1, -0.05) is 25.1 Å². The standard InChI is InChI=1S/C20H28N2O5/c1-4-27-18-8-6-5-7-16(18)17(21-14(3)23)10-19(24)22-11-13(2)9-15(12-22)20(25)26/h5-8,13,15,17H,4,9-12H2,1-3H3,(H,21,23)(H,25,26). The van der Waals surface area contributed by atoms with E-state index in [1.807, 2.05) is 38.1 Å². The summed E-state index contributed by atoms with van der Waals surface area (Å²) in [5.41, 5.74) is 0.739. The maximum Gasteiger partial charge on any atom is 0.308 e. The summed E-state index contributed by atoms with van der Waals surface area (Å²) < 4.78 is 5.64. The van der Waals surface area contributed by atoms with Crippen molar-refractivity contribution in [2.45, 2.75) is 39.7 Å². The van der Waals surface area contributed by atoms with Crippen LogP contribution >= 0.6 is 0 Å². The molecule has 2 rings (SSSR count). The molecule has 1 heterocycles. The SMILES string of the molecule is CCOc1ccccc1C(CC(=O)N1CC(C)CC(C(=O)O)C1)NC(C)=O. The molecule has 3 atom stereocenters. The number of likely N-dealkylation sites (tertiary alicyclic amines) is 1. The predicted octanol–water partition coefficient (Wildman–Crippen LogP) is 2.22. The summed E-state index contributed by atoms with van der Waals surface area (Å²) in [6.45, 7) is 6.44. The molecule has 1 fully saturated rings. The van der Waals surface area contributed by atoms with Crippen LogP contribution in [0.15, 0.2) is 24.3 Å². The van der Waals surface area contributed by atoms with E-state index in [0.29, 0.717) is 25.3 Å². The summed E-state index contributed by atoms with van der Waals surface area (Å²) in [7, 11) is 0. The molecule has 1 aromatic carbocycles. The fraction of sp³-hybridized carbons (Fsp3) is 0.550. The Morgan fingerprint density at radius 2 is 2.00 bits per heavy atom. The Balaban J connectivity index is 2.19. The molecule has 2 amide bonds. The van der Waals surface area contributed by atoms with Crippen molar-refractivity contribution >= 4 is 17.8 Å². The van der Waals surface area contributed by atoms with Gasteiger partial charge >= 0.3 is 5.97 Å². The highest BCUT2D eigenvalue weighted by molar-refractivity contribution is 5.80. The number of nitrogens with one attached hydrogen (secondary N) is 1. The summed E-state index contributed by atoms with van der Waals surface area (Å²) in [6, 6.07) is 6.78. The minimum Gasteiger partial charge on any atom is -0.494 e. The van der Waals surface area contributed by atoms with Gasteiger partial charge in [0.05, 0.1) is 25.0 Å². The minimum absolute atomic E-state index is 0.0583. The second kappa shape index (κ2) is 9.39. The first-order valence-electron chi connectivity index (χ1n) is 9.31. The zero-order valence-corrected chi connectivity index (χ0v) is 16.1. The summed E-state index contributed by atoms with van der Waals surface area (Å²) in [4.78, 5) is 37.5. The summed E-state index contributed by atoms with van der Waals surface area (Å²) in [5, 5.41) is 12.1. The predicted molar refractivity (Wildman–Crippen MR) is 100 cm³/mol. The zero-order valence-electron chi connectivity index (χ0n) is 16.1. The largest absolute Gasteiger partial charge is 0.494 e. The van der Waals surface area contributed by atoms with Crippen LogP contribution in [0.25, 0.3) is 0 Å². The number of carbonyl (C=O) groups excluding carboxylic acids is 2. The molecular formula is C20H28N2O5. The molecule has 0 radical (unpaired) electrons. The van der Waals surface area contributed by atoms with Crippen LogP contribution in [0.3, 0.4) is 0 Å². The van der Waals surface area contributed by atoms with E-state index < -0.39 is 17.9 Å². The van der Waals surface area contributed by atoms with E-state index in [1.54, 1.807) is 4.90 Å². The molecule has 2 N–H and O–H groups in total. The van der Waals surface area contributed by atoms with Crippen molar-refractivity contribution < 1.29 is 24.2 Å². The van der Waals surface area contributed by atoms with E-state index in [0.717, 1.165) is 5.56 Å². The summed E-state index contributed by atoms with van der Waals surface area (Å²) in [6.07, 6.45) is 0.629. The highest BCUT2D eigenvalue weighted by atomic mass is 16.5. The molecule has 0 aromatic heterocycles. The number of benzene rings is 1. The number of carboxylic acid groups (broad SMARTS) is 1. The lowest BCUT2D eigenvalue weighted by molar-refractivity contribution is -0.147. The number of piperidine rings is 1. The third kappa shape index (κ3) is 5.70. The third-order valence-electron chi connectivity index (χ3n) is 4.71. The van der Waals surface area contributed by atoms with Crippen molar-refractivity contribution in [2.75, 3.05) is 19.7 Å². The van der Waals surface area contributed by atoms with Crippen LogP contribution in [0.1, 0.15) is 45.2 Å². The van der Waals surface area contributed by atoms with Crippen LogP contribution in [0.5, 0.6) is 5.75 Å². The molecule has 27 heavy (non-hydrogen) atoms. The fourth-order valence-electron chi connectivity index (χ4n) is 3.58. The Labute approximate surface area is 159 Å². The smallest absolute Gasteiger partial charge is 0.308 e. The fourth-order valence-corrected chi connectivity index (χ4v) is 3.58. The normalized spacial score (nSPS) is 20.6. The molecule has 0 bridgehead atoms. The average molecular weight is 376 g/mol. The van der Waals surface area contributed by atoms with Gasteiger partial charge in [-0.05, 0) is 25.3 Å². The van der Waals surface area contributed by atoms with Crippen LogP contribution in [0, 0.1) is 11.8 Å². The Morgan fingerprint density at radius 1 is 1.30 bits per heavy atom. The Morgan fingerprint density at radius 3 is 2.63 bits per heavy atom. The van der Waals surface area contributed by atoms with Crippen molar-refractivity contribution in [3.8, 4) is 5.75 Å². The number of nitrogens with zero attached hydrogens (tertiary/aromatic N) is 1. The van der Waals surface area contributed by atoms with Crippen molar-refractivity contribution in [3.63, 3.8) is 0 Å². The van der Waals surface area contributed by atoms with Gasteiger partial charge in [0.25, 0.3) is 0 Å². The second-order valence-corrected chi connectivity index (χ2v) is 7.10. The van der Waals surface area contributed by atoms with Gasteiger partial charge in [-0.25, -0.2) is 0 Å². The van der Waals surface area contributed by atoms with Crippen molar-refractivity contribution in [1.29, 1.82) is 0 Å². The molecule has 148 valence electrons. The van der Waals surface area contributed by atoms with Crippen LogP contribution < -0.4 is 10.1 Å². The van der Waals surface area contributed by atoms with E-state index in [4.69, 9.17) is 4.74 Å². The molecule has 7 heteroatoms. The van der Waals surface area contributed by atoms with Gasteiger partial charge in [0.2, 0.25) is 11.8 Å². The Kier molecular flexibility index (Phi) is 7.21. The molecule has 1 aliphatic rings. The maximum absolute atomic E-state index is 12.9. The van der Waals surface area contributed by atoms with Gasteiger partial charge in [-0.15, -0.1) is 0 Å². The number of hydrogen-bond acceptors (Lipinski definition) is 4. The first kappa shape index (κ1) is 20.7. The summed E-state index contributed by atoms with van der Waals surface area (Å²) >= 11 is 0. The molecule has 0 spiro atoms. The third-order valence-corrected chi connectivity index (χ3v) is 4.71. The minimum atomic E-state index is -0.876. The number of hydrogen-bond donors (Lipinski definition) is 2. The van der Waals surface area contributed by atoms with Gasteiger partial charge < -0.3 is 20.1 Å². The van der Waals surface area contributed by atoms with Crippen LogP contribution in [0.4, 0.5) is 0 Å². The molecule has 0 aliphatic carbocycles. The number of carboxylic acids is 1. The Hall–Kier alpha value is -2.57. The number of amides is 2. The molecule has 0 saturated carbocycles.